The third-order valence-corrected chi connectivity index (χ3v) is 4.07. The molecule has 7 heteroatoms. The summed E-state index contributed by atoms with van der Waals surface area (Å²) in [7, 11) is 0. The Hall–Kier alpha value is -2.41. The zero-order chi connectivity index (χ0) is 16.4. The lowest BCUT2D eigenvalue weighted by Crippen LogP contribution is -2.48. The molecule has 2 aromatic rings. The lowest BCUT2D eigenvalue weighted by Gasteiger charge is -2.27. The second kappa shape index (κ2) is 6.37. The molecule has 0 saturated carbocycles. The number of hydrogen-bond donors (Lipinski definition) is 2. The maximum absolute atomic E-state index is 12.4. The van der Waals surface area contributed by atoms with Crippen molar-refractivity contribution in [3.05, 3.63) is 35.8 Å². The van der Waals surface area contributed by atoms with Gasteiger partial charge in [0.1, 0.15) is 17.4 Å². The second-order valence-electron chi connectivity index (χ2n) is 5.86. The van der Waals surface area contributed by atoms with Crippen LogP contribution in [0.1, 0.15) is 28.9 Å². The van der Waals surface area contributed by atoms with Crippen LogP contribution in [0, 0.1) is 12.8 Å². The Kier molecular flexibility index (Phi) is 4.29. The van der Waals surface area contributed by atoms with Gasteiger partial charge in [0.05, 0.1) is 6.61 Å². The van der Waals surface area contributed by atoms with Crippen LogP contribution in [0.4, 0.5) is 0 Å². The van der Waals surface area contributed by atoms with Crippen LogP contribution >= 0.6 is 0 Å². The minimum Gasteiger partial charge on any atom is -0.480 e. The van der Waals surface area contributed by atoms with Crippen molar-refractivity contribution in [1.82, 2.24) is 14.7 Å². The Morgan fingerprint density at radius 1 is 1.52 bits per heavy atom. The van der Waals surface area contributed by atoms with Crippen molar-refractivity contribution in [2.24, 2.45) is 5.92 Å². The number of nitrogens with one attached hydrogen (secondary N) is 1. The van der Waals surface area contributed by atoms with Crippen LogP contribution in [0.15, 0.2) is 24.5 Å². The third kappa shape index (κ3) is 3.34. The van der Waals surface area contributed by atoms with Gasteiger partial charge in [-0.1, -0.05) is 0 Å². The van der Waals surface area contributed by atoms with Crippen molar-refractivity contribution >= 4 is 17.5 Å². The first-order valence-corrected chi connectivity index (χ1v) is 7.61. The molecule has 0 spiro atoms. The van der Waals surface area contributed by atoms with E-state index in [2.05, 4.69) is 10.3 Å². The van der Waals surface area contributed by atoms with E-state index in [4.69, 9.17) is 4.74 Å². The number of aromatic nitrogens is 2. The standard InChI is InChI=1S/C16H19N3O4/c1-10-4-5-19-8-12(17-13(19)7-10)15(20)18-14(16(21)22)11-3-2-6-23-9-11/h4-5,7-8,11,14H,2-3,6,9H2,1H3,(H,18,20)(H,21,22)/t11-,14-/m1/s1. The van der Waals surface area contributed by atoms with Crippen molar-refractivity contribution in [2.45, 2.75) is 25.8 Å². The van der Waals surface area contributed by atoms with Crippen molar-refractivity contribution in [2.75, 3.05) is 13.2 Å². The van der Waals surface area contributed by atoms with E-state index in [1.165, 1.54) is 0 Å². The highest BCUT2D eigenvalue weighted by molar-refractivity contribution is 5.95. The lowest BCUT2D eigenvalue weighted by atomic mass is 9.93. The Labute approximate surface area is 133 Å². The molecule has 0 aliphatic carbocycles. The summed E-state index contributed by atoms with van der Waals surface area (Å²) in [4.78, 5) is 28.1. The summed E-state index contributed by atoms with van der Waals surface area (Å²) in [5, 5.41) is 12.0. The summed E-state index contributed by atoms with van der Waals surface area (Å²) >= 11 is 0. The number of hydrogen-bond acceptors (Lipinski definition) is 4. The van der Waals surface area contributed by atoms with E-state index in [-0.39, 0.29) is 11.6 Å². The van der Waals surface area contributed by atoms with Crippen LogP contribution in [0.2, 0.25) is 0 Å². The van der Waals surface area contributed by atoms with E-state index < -0.39 is 17.9 Å². The fourth-order valence-electron chi connectivity index (χ4n) is 2.82. The summed E-state index contributed by atoms with van der Waals surface area (Å²) in [5.74, 6) is -1.75. The zero-order valence-corrected chi connectivity index (χ0v) is 12.9. The van der Waals surface area contributed by atoms with Crippen molar-refractivity contribution in [1.29, 1.82) is 0 Å². The molecule has 1 aliphatic rings. The van der Waals surface area contributed by atoms with Gasteiger partial charge >= 0.3 is 5.97 Å². The molecule has 1 fully saturated rings. The predicted molar refractivity (Wildman–Crippen MR) is 82.4 cm³/mol. The molecule has 0 aromatic carbocycles. The molecule has 23 heavy (non-hydrogen) atoms. The molecule has 1 amide bonds. The molecule has 2 atom stereocenters. The van der Waals surface area contributed by atoms with Crippen LogP contribution in [0.3, 0.4) is 0 Å². The highest BCUT2D eigenvalue weighted by Crippen LogP contribution is 2.18. The second-order valence-corrected chi connectivity index (χ2v) is 5.86. The average molecular weight is 317 g/mol. The maximum Gasteiger partial charge on any atom is 0.326 e. The first-order valence-electron chi connectivity index (χ1n) is 7.61. The van der Waals surface area contributed by atoms with Crippen LogP contribution in [0.25, 0.3) is 5.65 Å². The van der Waals surface area contributed by atoms with Crippen LogP contribution < -0.4 is 5.32 Å². The van der Waals surface area contributed by atoms with Gasteiger partial charge in [-0.25, -0.2) is 9.78 Å². The number of pyridine rings is 1. The highest BCUT2D eigenvalue weighted by Gasteiger charge is 2.32. The highest BCUT2D eigenvalue weighted by atomic mass is 16.5. The number of nitrogens with zero attached hydrogens (tertiary/aromatic N) is 2. The Morgan fingerprint density at radius 2 is 2.35 bits per heavy atom. The van der Waals surface area contributed by atoms with Gasteiger partial charge in [0, 0.05) is 24.9 Å². The molecule has 0 radical (unpaired) electrons. The van der Waals surface area contributed by atoms with E-state index in [0.717, 1.165) is 18.4 Å². The predicted octanol–water partition coefficient (Wildman–Crippen LogP) is 1.25. The molecule has 7 nitrogen and oxygen atoms in total. The van der Waals surface area contributed by atoms with Gasteiger partial charge < -0.3 is 19.6 Å². The van der Waals surface area contributed by atoms with E-state index >= 15 is 0 Å². The quantitative estimate of drug-likeness (QED) is 0.885. The van der Waals surface area contributed by atoms with Crippen molar-refractivity contribution in [3.8, 4) is 0 Å². The molecular formula is C16H19N3O4. The average Bonchev–Trinajstić information content (AvgIpc) is 2.96. The van der Waals surface area contributed by atoms with Gasteiger partial charge in [0.2, 0.25) is 0 Å². The number of aliphatic carboxylic acids is 1. The molecule has 122 valence electrons. The van der Waals surface area contributed by atoms with Gasteiger partial charge in [-0.15, -0.1) is 0 Å². The van der Waals surface area contributed by atoms with E-state index in [1.807, 2.05) is 25.3 Å². The maximum atomic E-state index is 12.4. The molecular weight excluding hydrogens is 298 g/mol. The van der Waals surface area contributed by atoms with Gasteiger partial charge in [0.15, 0.2) is 0 Å². The lowest BCUT2D eigenvalue weighted by molar-refractivity contribution is -0.142. The molecule has 3 rings (SSSR count). The van der Waals surface area contributed by atoms with Gasteiger partial charge in [-0.05, 0) is 37.5 Å². The minimum atomic E-state index is -1.05. The van der Waals surface area contributed by atoms with Crippen LogP contribution in [-0.2, 0) is 9.53 Å². The number of carboxylic acids is 1. The van der Waals surface area contributed by atoms with Crippen LogP contribution in [-0.4, -0.2) is 45.6 Å². The molecule has 0 bridgehead atoms. The fraction of sp³-hybridized carbons (Fsp3) is 0.438. The monoisotopic (exact) mass is 317 g/mol. The van der Waals surface area contributed by atoms with E-state index in [0.29, 0.717) is 18.9 Å². The zero-order valence-electron chi connectivity index (χ0n) is 12.9. The first kappa shape index (κ1) is 15.5. The number of amides is 1. The van der Waals surface area contributed by atoms with Crippen molar-refractivity contribution in [3.63, 3.8) is 0 Å². The topological polar surface area (TPSA) is 92.9 Å². The Bertz CT molecular complexity index is 734. The number of ether oxygens (including phenoxy) is 1. The number of carboxylic acid groups (broad SMARTS) is 1. The van der Waals surface area contributed by atoms with Gasteiger partial charge in [-0.3, -0.25) is 4.79 Å². The van der Waals surface area contributed by atoms with Gasteiger partial charge in [-0.2, -0.15) is 0 Å². The Morgan fingerprint density at radius 3 is 3.04 bits per heavy atom. The largest absolute Gasteiger partial charge is 0.480 e. The van der Waals surface area contributed by atoms with Gasteiger partial charge in [0.25, 0.3) is 5.91 Å². The van der Waals surface area contributed by atoms with Crippen LogP contribution in [0.5, 0.6) is 0 Å². The summed E-state index contributed by atoms with van der Waals surface area (Å²) in [6.07, 6.45) is 4.94. The number of fused-ring (bicyclic) bond motifs is 1. The van der Waals surface area contributed by atoms with E-state index in [9.17, 15) is 14.7 Å². The van der Waals surface area contributed by atoms with E-state index in [1.54, 1.807) is 10.6 Å². The third-order valence-electron chi connectivity index (χ3n) is 4.07. The SMILES string of the molecule is Cc1ccn2cc(C(=O)N[C@@H](C(=O)O)[C@@H]3CCCOC3)nc2c1. The number of aryl methyl sites for hydroxylation is 1. The normalized spacial score (nSPS) is 19.4. The summed E-state index contributed by atoms with van der Waals surface area (Å²) in [6, 6.07) is 2.81. The summed E-state index contributed by atoms with van der Waals surface area (Å²) < 4.78 is 7.06. The number of carbonyl (C=O) groups is 2. The fourth-order valence-corrected chi connectivity index (χ4v) is 2.82. The molecule has 0 unspecified atom stereocenters. The Balaban J connectivity index is 1.78. The number of rotatable bonds is 4. The number of imidazole rings is 1. The first-order chi connectivity index (χ1) is 11.0. The smallest absolute Gasteiger partial charge is 0.326 e. The summed E-state index contributed by atoms with van der Waals surface area (Å²) in [5.41, 5.74) is 1.90. The summed E-state index contributed by atoms with van der Waals surface area (Å²) in [6.45, 7) is 2.93. The molecule has 3 heterocycles. The number of carbonyl (C=O) groups excluding carboxylic acids is 1. The molecule has 1 saturated heterocycles. The minimum absolute atomic E-state index is 0.207. The van der Waals surface area contributed by atoms with Crippen molar-refractivity contribution < 1.29 is 19.4 Å². The molecule has 2 N–H and O–H groups in total. The molecule has 2 aromatic heterocycles. The molecule has 1 aliphatic heterocycles.